The molecule has 2 heterocycles. The number of benzene rings is 1. The van der Waals surface area contributed by atoms with Crippen LogP contribution in [0.3, 0.4) is 0 Å². The molecule has 3 N–H and O–H groups in total. The second-order valence-corrected chi connectivity index (χ2v) is 5.62. The second kappa shape index (κ2) is 6.80. The van der Waals surface area contributed by atoms with Gasteiger partial charge in [0, 0.05) is 25.9 Å². The van der Waals surface area contributed by atoms with Crippen molar-refractivity contribution in [2.24, 2.45) is 10.7 Å². The maximum atomic E-state index is 14.0. The molecule has 3 rings (SSSR count). The topological polar surface area (TPSA) is 80.0 Å². The van der Waals surface area contributed by atoms with Crippen LogP contribution in [0.5, 0.6) is 0 Å². The average molecular weight is 361 g/mol. The fraction of sp³-hybridized carbons (Fsp3) is 0.467. The number of hydrogen-bond donors (Lipinski definition) is 2. The van der Waals surface area contributed by atoms with Crippen LogP contribution in [0.15, 0.2) is 17.1 Å². The zero-order chi connectivity index (χ0) is 16.6. The minimum Gasteiger partial charge on any atom is -0.450 e. The molecule has 2 aliphatic rings. The largest absolute Gasteiger partial charge is 0.450 e. The third-order valence-corrected chi connectivity index (χ3v) is 4.17. The summed E-state index contributed by atoms with van der Waals surface area (Å²) in [5.41, 5.74) is 5.03. The number of ether oxygens (including phenoxy) is 1. The van der Waals surface area contributed by atoms with E-state index >= 15 is 0 Å². The molecular formula is C15H19ClF2N4O2. The third-order valence-electron chi connectivity index (χ3n) is 4.17. The summed E-state index contributed by atoms with van der Waals surface area (Å²) in [7, 11) is 0. The highest BCUT2D eigenvalue weighted by Gasteiger charge is 2.40. The SMILES string of the molecule is CCOC(=O)N1CCC2(CC1)N=C(N)c1c(F)ccc(F)c1N2.Cl. The van der Waals surface area contributed by atoms with Gasteiger partial charge in [0.1, 0.15) is 23.1 Å². The van der Waals surface area contributed by atoms with Crippen molar-refractivity contribution in [2.75, 3.05) is 25.0 Å². The van der Waals surface area contributed by atoms with Gasteiger partial charge in [-0.1, -0.05) is 0 Å². The molecule has 2 aliphatic heterocycles. The predicted molar refractivity (Wildman–Crippen MR) is 88.5 cm³/mol. The quantitative estimate of drug-likeness (QED) is 0.806. The highest BCUT2D eigenvalue weighted by Crippen LogP contribution is 2.36. The first-order valence-corrected chi connectivity index (χ1v) is 7.49. The molecule has 1 saturated heterocycles. The number of nitrogens with zero attached hydrogens (tertiary/aromatic N) is 2. The first kappa shape index (κ1) is 18.3. The Kier molecular flexibility index (Phi) is 5.17. The zero-order valence-corrected chi connectivity index (χ0v) is 14.0. The first-order valence-electron chi connectivity index (χ1n) is 7.49. The number of rotatable bonds is 1. The van der Waals surface area contributed by atoms with Crippen molar-refractivity contribution in [3.8, 4) is 0 Å². The number of carbonyl (C=O) groups excluding carboxylic acids is 1. The summed E-state index contributed by atoms with van der Waals surface area (Å²) in [6, 6.07) is 2.08. The Balaban J connectivity index is 0.00000208. The maximum Gasteiger partial charge on any atom is 0.409 e. The van der Waals surface area contributed by atoms with Crippen LogP contribution in [0.4, 0.5) is 19.3 Å². The second-order valence-electron chi connectivity index (χ2n) is 5.62. The van der Waals surface area contributed by atoms with E-state index in [0.717, 1.165) is 12.1 Å². The third kappa shape index (κ3) is 3.10. The normalized spacial score (nSPS) is 18.1. The lowest BCUT2D eigenvalue weighted by atomic mass is 9.93. The lowest BCUT2D eigenvalue weighted by molar-refractivity contribution is 0.0905. The Bertz CT molecular complexity index is 676. The predicted octanol–water partition coefficient (Wildman–Crippen LogP) is 2.47. The number of nitrogens with two attached hydrogens (primary N) is 1. The van der Waals surface area contributed by atoms with E-state index in [1.54, 1.807) is 11.8 Å². The molecule has 0 aliphatic carbocycles. The number of hydrogen-bond acceptors (Lipinski definition) is 5. The van der Waals surface area contributed by atoms with Gasteiger partial charge in [-0.25, -0.2) is 18.6 Å². The minimum absolute atomic E-state index is 0. The smallest absolute Gasteiger partial charge is 0.409 e. The molecule has 0 atom stereocenters. The van der Waals surface area contributed by atoms with Crippen molar-refractivity contribution in [1.82, 2.24) is 4.90 Å². The van der Waals surface area contributed by atoms with Crippen LogP contribution in [0.2, 0.25) is 0 Å². The molecule has 0 bridgehead atoms. The number of likely N-dealkylation sites (tertiary alicyclic amines) is 1. The van der Waals surface area contributed by atoms with Crippen LogP contribution in [-0.4, -0.2) is 42.2 Å². The van der Waals surface area contributed by atoms with Crippen LogP contribution in [0.1, 0.15) is 25.3 Å². The highest BCUT2D eigenvalue weighted by atomic mass is 35.5. The number of fused-ring (bicyclic) bond motifs is 1. The van der Waals surface area contributed by atoms with E-state index in [0.29, 0.717) is 32.5 Å². The van der Waals surface area contributed by atoms with Crippen molar-refractivity contribution in [3.63, 3.8) is 0 Å². The molecule has 24 heavy (non-hydrogen) atoms. The number of amidine groups is 1. The lowest BCUT2D eigenvalue weighted by Crippen LogP contribution is -2.52. The van der Waals surface area contributed by atoms with Crippen molar-refractivity contribution >= 4 is 30.0 Å². The fourth-order valence-electron chi connectivity index (χ4n) is 2.98. The van der Waals surface area contributed by atoms with E-state index in [-0.39, 0.29) is 35.6 Å². The summed E-state index contributed by atoms with van der Waals surface area (Å²) in [4.78, 5) is 17.7. The molecule has 0 aromatic heterocycles. The Labute approximate surface area is 144 Å². The minimum atomic E-state index is -0.825. The van der Waals surface area contributed by atoms with E-state index in [2.05, 4.69) is 10.3 Å². The lowest BCUT2D eigenvalue weighted by Gasteiger charge is -2.42. The molecule has 0 unspecified atom stereocenters. The van der Waals surface area contributed by atoms with Crippen molar-refractivity contribution in [3.05, 3.63) is 29.3 Å². The van der Waals surface area contributed by atoms with Gasteiger partial charge in [-0.3, -0.25) is 0 Å². The molecule has 1 fully saturated rings. The van der Waals surface area contributed by atoms with Crippen LogP contribution in [0.25, 0.3) is 0 Å². The van der Waals surface area contributed by atoms with E-state index < -0.39 is 17.3 Å². The maximum absolute atomic E-state index is 14.0. The molecule has 1 amide bonds. The number of halogens is 3. The monoisotopic (exact) mass is 360 g/mol. The number of anilines is 1. The highest BCUT2D eigenvalue weighted by molar-refractivity contribution is 6.04. The van der Waals surface area contributed by atoms with Gasteiger partial charge in [-0.05, 0) is 19.1 Å². The van der Waals surface area contributed by atoms with Gasteiger partial charge < -0.3 is 20.7 Å². The number of aliphatic imine (C=N–C) groups is 1. The Morgan fingerprint density at radius 1 is 1.38 bits per heavy atom. The summed E-state index contributed by atoms with van der Waals surface area (Å²) in [6.07, 6.45) is 0.483. The number of piperidine rings is 1. The van der Waals surface area contributed by atoms with Gasteiger partial charge in [-0.2, -0.15) is 0 Å². The fourth-order valence-corrected chi connectivity index (χ4v) is 2.98. The van der Waals surface area contributed by atoms with Gasteiger partial charge in [-0.15, -0.1) is 12.4 Å². The van der Waals surface area contributed by atoms with Crippen LogP contribution in [0, 0.1) is 11.6 Å². The molecule has 0 radical (unpaired) electrons. The van der Waals surface area contributed by atoms with Gasteiger partial charge in [0.2, 0.25) is 0 Å². The van der Waals surface area contributed by atoms with Gasteiger partial charge >= 0.3 is 6.09 Å². The summed E-state index contributed by atoms with van der Waals surface area (Å²) in [5, 5.41) is 2.98. The zero-order valence-electron chi connectivity index (χ0n) is 13.1. The number of amides is 1. The summed E-state index contributed by atoms with van der Waals surface area (Å²) >= 11 is 0. The number of carbonyl (C=O) groups is 1. The first-order chi connectivity index (χ1) is 11.0. The Hall–Kier alpha value is -2.09. The van der Waals surface area contributed by atoms with E-state index in [4.69, 9.17) is 10.5 Å². The van der Waals surface area contributed by atoms with Crippen LogP contribution < -0.4 is 11.1 Å². The molecule has 9 heteroatoms. The van der Waals surface area contributed by atoms with Crippen molar-refractivity contribution in [1.29, 1.82) is 0 Å². The molecule has 1 spiro atoms. The van der Waals surface area contributed by atoms with E-state index in [1.165, 1.54) is 0 Å². The Morgan fingerprint density at radius 2 is 2.00 bits per heavy atom. The molecule has 1 aromatic carbocycles. The Morgan fingerprint density at radius 3 is 2.62 bits per heavy atom. The van der Waals surface area contributed by atoms with E-state index in [9.17, 15) is 13.6 Å². The summed E-state index contributed by atoms with van der Waals surface area (Å²) in [5.74, 6) is -1.22. The summed E-state index contributed by atoms with van der Waals surface area (Å²) in [6.45, 7) is 2.84. The van der Waals surface area contributed by atoms with Crippen LogP contribution >= 0.6 is 12.4 Å². The molecular weight excluding hydrogens is 342 g/mol. The standard InChI is InChI=1S/C15H18F2N4O2.ClH/c1-2-23-14(22)21-7-5-15(6-8-21)19-12-10(17)4-3-9(16)11(12)13(18)20-15;/h3-4,19H,2,5-8H2,1H3,(H2,18,20);1H. The average Bonchev–Trinajstić information content (AvgIpc) is 2.51. The molecule has 1 aromatic rings. The number of nitrogens with one attached hydrogen (secondary N) is 1. The summed E-state index contributed by atoms with van der Waals surface area (Å²) < 4.78 is 32.9. The van der Waals surface area contributed by atoms with Gasteiger partial charge in [0.05, 0.1) is 17.9 Å². The van der Waals surface area contributed by atoms with Crippen LogP contribution in [-0.2, 0) is 4.74 Å². The van der Waals surface area contributed by atoms with Gasteiger partial charge in [0.15, 0.2) is 0 Å². The van der Waals surface area contributed by atoms with Gasteiger partial charge in [0.25, 0.3) is 0 Å². The molecule has 6 nitrogen and oxygen atoms in total. The van der Waals surface area contributed by atoms with Crippen molar-refractivity contribution < 1.29 is 18.3 Å². The molecule has 0 saturated carbocycles. The molecule has 132 valence electrons. The van der Waals surface area contributed by atoms with E-state index in [1.807, 2.05) is 0 Å². The van der Waals surface area contributed by atoms with Crippen molar-refractivity contribution in [2.45, 2.75) is 25.4 Å².